The molecular weight excluding hydrogens is 372 g/mol. The van der Waals surface area contributed by atoms with E-state index in [4.69, 9.17) is 4.42 Å². The Morgan fingerprint density at radius 1 is 0.867 bits per heavy atom. The van der Waals surface area contributed by atoms with Gasteiger partial charge in [-0.2, -0.15) is 9.13 Å². The van der Waals surface area contributed by atoms with E-state index in [-0.39, 0.29) is 17.2 Å². The molecule has 1 saturated carbocycles. The minimum atomic E-state index is -0.266. The minimum Gasteiger partial charge on any atom is -0.422 e. The summed E-state index contributed by atoms with van der Waals surface area (Å²) < 4.78 is 10.5. The minimum absolute atomic E-state index is 0.252. The smallest absolute Gasteiger partial charge is 0.350 e. The van der Waals surface area contributed by atoms with Gasteiger partial charge in [0.15, 0.2) is 12.4 Å². The molecule has 0 amide bonds. The zero-order valence-electron chi connectivity index (χ0n) is 15.9. The third kappa shape index (κ3) is 1.41. The molecule has 3 aliphatic rings. The van der Waals surface area contributed by atoms with Gasteiger partial charge in [0.25, 0.3) is 5.54 Å². The number of rotatable bonds is 0. The van der Waals surface area contributed by atoms with Crippen molar-refractivity contribution in [2.75, 3.05) is 0 Å². The average molecular weight is 388 g/mol. The van der Waals surface area contributed by atoms with E-state index in [2.05, 4.69) is 70.1 Å². The van der Waals surface area contributed by atoms with E-state index in [9.17, 15) is 4.79 Å². The van der Waals surface area contributed by atoms with Gasteiger partial charge in [-0.25, -0.2) is 4.79 Å². The van der Waals surface area contributed by atoms with Gasteiger partial charge < -0.3 is 4.42 Å². The predicted molar refractivity (Wildman–Crippen MR) is 111 cm³/mol. The summed E-state index contributed by atoms with van der Waals surface area (Å²) in [7, 11) is 0. The van der Waals surface area contributed by atoms with E-state index >= 15 is 0 Å². The van der Waals surface area contributed by atoms with Crippen molar-refractivity contribution in [3.63, 3.8) is 0 Å². The van der Waals surface area contributed by atoms with Crippen LogP contribution in [0.25, 0.3) is 33.1 Å². The zero-order chi connectivity index (χ0) is 19.6. The molecule has 1 aliphatic carbocycles. The molecule has 0 N–H and O–H groups in total. The fraction of sp³-hybridized carbons (Fsp3) is 0.115. The van der Waals surface area contributed by atoms with Gasteiger partial charge in [0.05, 0.1) is 5.56 Å². The average Bonchev–Trinajstić information content (AvgIpc) is 3.41. The zero-order valence-corrected chi connectivity index (χ0v) is 15.9. The van der Waals surface area contributed by atoms with Gasteiger partial charge in [0.2, 0.25) is 17.3 Å². The van der Waals surface area contributed by atoms with Crippen molar-refractivity contribution in [1.82, 2.24) is 0 Å². The van der Waals surface area contributed by atoms with Gasteiger partial charge >= 0.3 is 5.63 Å². The van der Waals surface area contributed by atoms with Crippen LogP contribution in [0.2, 0.25) is 0 Å². The quantitative estimate of drug-likeness (QED) is 0.231. The molecule has 2 aromatic carbocycles. The van der Waals surface area contributed by atoms with Crippen molar-refractivity contribution in [1.29, 1.82) is 0 Å². The van der Waals surface area contributed by atoms with Crippen molar-refractivity contribution < 1.29 is 13.6 Å². The van der Waals surface area contributed by atoms with Crippen LogP contribution in [0.4, 0.5) is 0 Å². The number of aromatic nitrogens is 2. The Kier molecular flexibility index (Phi) is 2.35. The van der Waals surface area contributed by atoms with Crippen LogP contribution in [0.3, 0.4) is 0 Å². The van der Waals surface area contributed by atoms with Crippen LogP contribution in [0, 0.1) is 0 Å². The van der Waals surface area contributed by atoms with Crippen molar-refractivity contribution in [2.24, 2.45) is 0 Å². The highest BCUT2D eigenvalue weighted by atomic mass is 16.4. The summed E-state index contributed by atoms with van der Waals surface area (Å²) >= 11 is 0. The van der Waals surface area contributed by atoms with E-state index in [0.717, 1.165) is 10.9 Å². The summed E-state index contributed by atoms with van der Waals surface area (Å²) in [5.74, 6) is 0.303. The van der Waals surface area contributed by atoms with Crippen LogP contribution in [-0.2, 0) is 5.54 Å². The molecule has 3 unspecified atom stereocenters. The van der Waals surface area contributed by atoms with E-state index in [1.165, 1.54) is 22.4 Å². The molecule has 1 spiro atoms. The lowest BCUT2D eigenvalue weighted by Gasteiger charge is -2.11. The molecule has 5 aromatic rings. The normalized spacial score (nSPS) is 24.3. The molecule has 0 saturated heterocycles. The molecule has 5 heterocycles. The maximum absolute atomic E-state index is 12.7. The Morgan fingerprint density at radius 3 is 2.73 bits per heavy atom. The Bertz CT molecular complexity index is 1600. The Labute approximate surface area is 171 Å². The summed E-state index contributed by atoms with van der Waals surface area (Å²) in [6.45, 7) is 0. The maximum atomic E-state index is 12.7. The lowest BCUT2D eigenvalue weighted by Crippen LogP contribution is -2.50. The van der Waals surface area contributed by atoms with Crippen LogP contribution < -0.4 is 14.8 Å². The highest BCUT2D eigenvalue weighted by Gasteiger charge is 2.85. The SMILES string of the molecule is O=c1oc2cccc3c2c2c1ccc[n+]2C31C2c3ccccc3-c3cccc[n+]3C21. The van der Waals surface area contributed by atoms with Gasteiger partial charge in [-0.3, -0.25) is 0 Å². The molecular formula is C26H16N2O2+2. The first-order chi connectivity index (χ1) is 14.8. The first kappa shape index (κ1) is 15.1. The first-order valence-electron chi connectivity index (χ1n) is 10.3. The molecule has 3 aromatic heterocycles. The van der Waals surface area contributed by atoms with Gasteiger partial charge in [0.1, 0.15) is 22.3 Å². The molecule has 2 aliphatic heterocycles. The molecule has 4 heteroatoms. The molecule has 4 nitrogen and oxygen atoms in total. The summed E-state index contributed by atoms with van der Waals surface area (Å²) in [6, 6.07) is 25.5. The number of hydrogen-bond donors (Lipinski definition) is 0. The van der Waals surface area contributed by atoms with Gasteiger partial charge in [-0.15, -0.1) is 0 Å². The monoisotopic (exact) mass is 388 g/mol. The fourth-order valence-electron chi connectivity index (χ4n) is 6.40. The Morgan fingerprint density at radius 2 is 1.77 bits per heavy atom. The van der Waals surface area contributed by atoms with Crippen LogP contribution in [0.5, 0.6) is 0 Å². The largest absolute Gasteiger partial charge is 0.422 e. The van der Waals surface area contributed by atoms with E-state index < -0.39 is 0 Å². The highest BCUT2D eigenvalue weighted by Crippen LogP contribution is 2.69. The standard InChI is InChI=1S/C26H16N2O2/c29-25-17-9-6-14-28-23(17)21-18(10-5-12-20(21)30-25)26(28)22-16-8-2-1-7-15(16)19-11-3-4-13-27(19)24(22)26/h1-14,22,24H/q+2. The van der Waals surface area contributed by atoms with E-state index in [1.54, 1.807) is 0 Å². The fourth-order valence-corrected chi connectivity index (χ4v) is 6.40. The lowest BCUT2D eigenvalue weighted by molar-refractivity contribution is -0.765. The Hall–Kier alpha value is -3.79. The topological polar surface area (TPSA) is 38.0 Å². The van der Waals surface area contributed by atoms with Crippen molar-refractivity contribution in [3.8, 4) is 11.3 Å². The molecule has 8 rings (SSSR count). The number of benzene rings is 2. The summed E-state index contributed by atoms with van der Waals surface area (Å²) in [6.07, 6.45) is 4.34. The van der Waals surface area contributed by atoms with Crippen molar-refractivity contribution in [3.05, 3.63) is 107 Å². The van der Waals surface area contributed by atoms with Crippen molar-refractivity contribution >= 4 is 21.9 Å². The maximum Gasteiger partial charge on any atom is 0.350 e. The van der Waals surface area contributed by atoms with Crippen LogP contribution in [0.15, 0.2) is 94.4 Å². The summed E-state index contributed by atoms with van der Waals surface area (Å²) in [4.78, 5) is 12.7. The molecule has 0 radical (unpaired) electrons. The highest BCUT2D eigenvalue weighted by molar-refractivity contribution is 6.04. The van der Waals surface area contributed by atoms with Crippen molar-refractivity contribution in [2.45, 2.75) is 17.5 Å². The second-order valence-electron chi connectivity index (χ2n) is 8.54. The van der Waals surface area contributed by atoms with Crippen LogP contribution in [-0.4, -0.2) is 0 Å². The van der Waals surface area contributed by atoms with Crippen LogP contribution >= 0.6 is 0 Å². The molecule has 3 atom stereocenters. The van der Waals surface area contributed by atoms with E-state index in [1.807, 2.05) is 24.3 Å². The molecule has 30 heavy (non-hydrogen) atoms. The van der Waals surface area contributed by atoms with Crippen LogP contribution in [0.1, 0.15) is 23.1 Å². The third-order valence-electron chi connectivity index (χ3n) is 7.40. The number of nitrogens with zero attached hydrogens (tertiary/aromatic N) is 2. The van der Waals surface area contributed by atoms with E-state index in [0.29, 0.717) is 16.9 Å². The number of pyridine rings is 2. The second-order valence-corrected chi connectivity index (χ2v) is 8.54. The first-order valence-corrected chi connectivity index (χ1v) is 10.3. The third-order valence-corrected chi connectivity index (χ3v) is 7.40. The molecule has 140 valence electrons. The van der Waals surface area contributed by atoms with Gasteiger partial charge in [0, 0.05) is 23.8 Å². The molecule has 0 bridgehead atoms. The predicted octanol–water partition coefficient (Wildman–Crippen LogP) is 3.60. The Balaban J connectivity index is 1.58. The van der Waals surface area contributed by atoms with Gasteiger partial charge in [-0.1, -0.05) is 30.3 Å². The van der Waals surface area contributed by atoms with Gasteiger partial charge in [-0.05, 0) is 29.8 Å². The number of hydrogen-bond acceptors (Lipinski definition) is 2. The number of fused-ring (bicyclic) bond motifs is 10. The summed E-state index contributed by atoms with van der Waals surface area (Å²) in [5, 5.41) is 1.74. The lowest BCUT2D eigenvalue weighted by atomic mass is 9.94. The summed E-state index contributed by atoms with van der Waals surface area (Å²) in [5.41, 5.74) is 6.34. The second kappa shape index (κ2) is 4.68. The molecule has 1 fully saturated rings.